The highest BCUT2D eigenvalue weighted by molar-refractivity contribution is 5.92. The van der Waals surface area contributed by atoms with Crippen molar-refractivity contribution in [2.75, 3.05) is 0 Å². The van der Waals surface area contributed by atoms with Crippen LogP contribution >= 0.6 is 0 Å². The van der Waals surface area contributed by atoms with Crippen molar-refractivity contribution in [2.45, 2.75) is 19.6 Å². The van der Waals surface area contributed by atoms with Gasteiger partial charge in [0.2, 0.25) is 0 Å². The molecule has 0 saturated carbocycles. The van der Waals surface area contributed by atoms with Crippen molar-refractivity contribution in [3.05, 3.63) is 59.0 Å². The van der Waals surface area contributed by atoms with Crippen molar-refractivity contribution < 1.29 is 22.4 Å². The van der Waals surface area contributed by atoms with E-state index in [-0.39, 0.29) is 12.3 Å². The van der Waals surface area contributed by atoms with Crippen LogP contribution in [0.2, 0.25) is 0 Å². The molecule has 0 aliphatic heterocycles. The Balaban J connectivity index is 2.05. The summed E-state index contributed by atoms with van der Waals surface area (Å²) in [5.41, 5.74) is 0.308. The molecule has 1 N–H and O–H groups in total. The zero-order valence-corrected chi connectivity index (χ0v) is 10.6. The fourth-order valence-electron chi connectivity index (χ4n) is 1.73. The normalized spacial score (nSPS) is 11.4. The molecule has 106 valence electrons. The Kier molecular flexibility index (Phi) is 3.83. The van der Waals surface area contributed by atoms with Crippen molar-refractivity contribution in [2.24, 2.45) is 0 Å². The summed E-state index contributed by atoms with van der Waals surface area (Å²) in [7, 11) is 0. The molecule has 0 saturated heterocycles. The summed E-state index contributed by atoms with van der Waals surface area (Å²) >= 11 is 0. The molecule has 0 aliphatic rings. The van der Waals surface area contributed by atoms with Crippen LogP contribution in [0.15, 0.2) is 41.0 Å². The molecule has 0 atom stereocenters. The van der Waals surface area contributed by atoms with Crippen LogP contribution in [0.3, 0.4) is 0 Å². The van der Waals surface area contributed by atoms with Crippen molar-refractivity contribution in [3.63, 3.8) is 0 Å². The van der Waals surface area contributed by atoms with E-state index >= 15 is 0 Å². The van der Waals surface area contributed by atoms with Gasteiger partial charge in [-0.05, 0) is 30.7 Å². The zero-order chi connectivity index (χ0) is 14.8. The summed E-state index contributed by atoms with van der Waals surface area (Å²) in [4.78, 5) is 11.8. The molecule has 3 nitrogen and oxygen atoms in total. The molecular formula is C14H12F3NO2. The highest BCUT2D eigenvalue weighted by atomic mass is 19.4. The molecule has 0 unspecified atom stereocenters. The van der Waals surface area contributed by atoms with Gasteiger partial charge >= 0.3 is 6.18 Å². The Hall–Kier alpha value is -2.24. The minimum atomic E-state index is -4.39. The Morgan fingerprint density at radius 1 is 1.30 bits per heavy atom. The lowest BCUT2D eigenvalue weighted by molar-refractivity contribution is -0.137. The smallest absolute Gasteiger partial charge is 0.416 e. The van der Waals surface area contributed by atoms with Gasteiger partial charge in [0.15, 0.2) is 5.76 Å². The number of benzene rings is 1. The average molecular weight is 283 g/mol. The Morgan fingerprint density at radius 3 is 2.65 bits per heavy atom. The first-order valence-electron chi connectivity index (χ1n) is 5.86. The summed E-state index contributed by atoms with van der Waals surface area (Å²) in [5.74, 6) is -0.290. The summed E-state index contributed by atoms with van der Waals surface area (Å²) in [6, 6.07) is 6.46. The summed E-state index contributed by atoms with van der Waals surface area (Å²) in [6.45, 7) is 1.71. The molecule has 1 aromatic heterocycles. The van der Waals surface area contributed by atoms with E-state index in [1.165, 1.54) is 18.4 Å². The standard InChI is InChI=1S/C14H12F3NO2/c1-9-5-6-20-12(9)13(19)18-8-10-3-2-4-11(7-10)14(15,16)17/h2-7H,8H2,1H3,(H,18,19). The Morgan fingerprint density at radius 2 is 2.05 bits per heavy atom. The molecule has 6 heteroatoms. The van der Waals surface area contributed by atoms with E-state index < -0.39 is 17.6 Å². The van der Waals surface area contributed by atoms with E-state index in [0.29, 0.717) is 11.1 Å². The van der Waals surface area contributed by atoms with E-state index in [2.05, 4.69) is 5.32 Å². The van der Waals surface area contributed by atoms with Crippen molar-refractivity contribution in [3.8, 4) is 0 Å². The first-order chi connectivity index (χ1) is 9.38. The lowest BCUT2D eigenvalue weighted by Crippen LogP contribution is -2.23. The maximum absolute atomic E-state index is 12.5. The third-order valence-electron chi connectivity index (χ3n) is 2.78. The molecule has 0 bridgehead atoms. The highest BCUT2D eigenvalue weighted by Gasteiger charge is 2.30. The molecule has 0 fully saturated rings. The lowest BCUT2D eigenvalue weighted by atomic mass is 10.1. The third kappa shape index (κ3) is 3.20. The molecule has 1 heterocycles. The second kappa shape index (κ2) is 5.40. The number of hydrogen-bond donors (Lipinski definition) is 1. The molecule has 2 aromatic rings. The van der Waals surface area contributed by atoms with Crippen LogP contribution in [0.1, 0.15) is 27.2 Å². The molecule has 0 radical (unpaired) electrons. The van der Waals surface area contributed by atoms with Crippen LogP contribution in [-0.2, 0) is 12.7 Å². The predicted molar refractivity (Wildman–Crippen MR) is 66.1 cm³/mol. The minimum absolute atomic E-state index is 0.00287. The molecule has 0 aliphatic carbocycles. The second-order valence-corrected chi connectivity index (χ2v) is 4.31. The van der Waals surface area contributed by atoms with Crippen molar-refractivity contribution >= 4 is 5.91 Å². The van der Waals surface area contributed by atoms with E-state index in [1.807, 2.05) is 0 Å². The molecule has 1 amide bonds. The Labute approximate surface area is 113 Å². The van der Waals surface area contributed by atoms with Gasteiger partial charge in [-0.15, -0.1) is 0 Å². The fourth-order valence-corrected chi connectivity index (χ4v) is 1.73. The second-order valence-electron chi connectivity index (χ2n) is 4.31. The lowest BCUT2D eigenvalue weighted by Gasteiger charge is -2.09. The van der Waals surface area contributed by atoms with Crippen LogP contribution in [0.5, 0.6) is 0 Å². The maximum atomic E-state index is 12.5. The van der Waals surface area contributed by atoms with Gasteiger partial charge in [-0.3, -0.25) is 4.79 Å². The van der Waals surface area contributed by atoms with Gasteiger partial charge < -0.3 is 9.73 Å². The van der Waals surface area contributed by atoms with E-state index in [9.17, 15) is 18.0 Å². The predicted octanol–water partition coefficient (Wildman–Crippen LogP) is 3.54. The number of furan rings is 1. The topological polar surface area (TPSA) is 42.2 Å². The monoisotopic (exact) mass is 283 g/mol. The minimum Gasteiger partial charge on any atom is -0.459 e. The van der Waals surface area contributed by atoms with Crippen LogP contribution in [0.4, 0.5) is 13.2 Å². The summed E-state index contributed by atoms with van der Waals surface area (Å²) in [6.07, 6.45) is -3.01. The number of amides is 1. The number of rotatable bonds is 3. The van der Waals surface area contributed by atoms with Crippen LogP contribution in [-0.4, -0.2) is 5.91 Å². The number of hydrogen-bond acceptors (Lipinski definition) is 2. The van der Waals surface area contributed by atoms with Gasteiger partial charge in [0.25, 0.3) is 5.91 Å². The van der Waals surface area contributed by atoms with Gasteiger partial charge in [0.05, 0.1) is 11.8 Å². The quantitative estimate of drug-likeness (QED) is 0.936. The summed E-state index contributed by atoms with van der Waals surface area (Å²) < 4.78 is 42.6. The number of alkyl halides is 3. The maximum Gasteiger partial charge on any atom is 0.416 e. The van der Waals surface area contributed by atoms with Crippen LogP contribution in [0, 0.1) is 6.92 Å². The molecular weight excluding hydrogens is 271 g/mol. The van der Waals surface area contributed by atoms with Gasteiger partial charge in [0.1, 0.15) is 0 Å². The first-order valence-corrected chi connectivity index (χ1v) is 5.86. The van der Waals surface area contributed by atoms with E-state index in [0.717, 1.165) is 12.1 Å². The first kappa shape index (κ1) is 14.2. The van der Waals surface area contributed by atoms with Gasteiger partial charge in [-0.1, -0.05) is 12.1 Å². The van der Waals surface area contributed by atoms with E-state index in [1.54, 1.807) is 13.0 Å². The van der Waals surface area contributed by atoms with E-state index in [4.69, 9.17) is 4.42 Å². The largest absolute Gasteiger partial charge is 0.459 e. The molecule has 1 aromatic carbocycles. The number of carbonyl (C=O) groups is 1. The molecule has 0 spiro atoms. The highest BCUT2D eigenvalue weighted by Crippen LogP contribution is 2.29. The van der Waals surface area contributed by atoms with Crippen LogP contribution < -0.4 is 5.32 Å². The number of nitrogens with one attached hydrogen (secondary N) is 1. The SMILES string of the molecule is Cc1ccoc1C(=O)NCc1cccc(C(F)(F)F)c1. The van der Waals surface area contributed by atoms with Gasteiger partial charge in [0, 0.05) is 12.1 Å². The third-order valence-corrected chi connectivity index (χ3v) is 2.78. The number of carbonyl (C=O) groups excluding carboxylic acids is 1. The molecule has 2 rings (SSSR count). The number of halogens is 3. The fraction of sp³-hybridized carbons (Fsp3) is 0.214. The van der Waals surface area contributed by atoms with Crippen molar-refractivity contribution in [1.29, 1.82) is 0 Å². The average Bonchev–Trinajstić information content (AvgIpc) is 2.82. The van der Waals surface area contributed by atoms with Gasteiger partial charge in [-0.2, -0.15) is 13.2 Å². The van der Waals surface area contributed by atoms with Gasteiger partial charge in [-0.25, -0.2) is 0 Å². The zero-order valence-electron chi connectivity index (χ0n) is 10.6. The number of aryl methyl sites for hydroxylation is 1. The Bertz CT molecular complexity index is 617. The van der Waals surface area contributed by atoms with Crippen LogP contribution in [0.25, 0.3) is 0 Å². The summed E-state index contributed by atoms with van der Waals surface area (Å²) in [5, 5.41) is 2.52. The van der Waals surface area contributed by atoms with Crippen molar-refractivity contribution in [1.82, 2.24) is 5.32 Å². The molecule has 20 heavy (non-hydrogen) atoms.